The van der Waals surface area contributed by atoms with Crippen LogP contribution in [0.3, 0.4) is 0 Å². The van der Waals surface area contributed by atoms with Gasteiger partial charge in [0.05, 0.1) is 6.61 Å². The molecule has 0 N–H and O–H groups in total. The fourth-order valence-corrected chi connectivity index (χ4v) is 2.16. The third kappa shape index (κ3) is 31.4. The van der Waals surface area contributed by atoms with Crippen molar-refractivity contribution >= 4 is 66.0 Å². The van der Waals surface area contributed by atoms with Gasteiger partial charge in [0.2, 0.25) is 0 Å². The number of carbonyl (C=O) groups excluding carboxylic acids is 1. The van der Waals surface area contributed by atoms with Crippen LogP contribution in [-0.2, 0) is 9.47 Å². The van der Waals surface area contributed by atoms with Gasteiger partial charge in [-0.1, -0.05) is 64.8 Å². The van der Waals surface area contributed by atoms with E-state index < -0.39 is 6.16 Å². The Morgan fingerprint density at radius 2 is 1.70 bits per heavy atom. The first-order valence-electron chi connectivity index (χ1n) is 9.36. The van der Waals surface area contributed by atoms with E-state index in [1.54, 1.807) is 13.0 Å². The number of rotatable bonds is 12. The van der Waals surface area contributed by atoms with E-state index in [9.17, 15) is 4.79 Å². The first-order chi connectivity index (χ1) is 13.0. The predicted octanol–water partition coefficient (Wildman–Crippen LogP) is 9.29. The molecule has 6 heteroatoms. The van der Waals surface area contributed by atoms with Crippen LogP contribution in [0.2, 0.25) is 0 Å². The van der Waals surface area contributed by atoms with Gasteiger partial charge < -0.3 is 9.47 Å². The molecular weight excluding hydrogens is 681 g/mol. The summed E-state index contributed by atoms with van der Waals surface area (Å²) in [5, 5.41) is 0. The molecule has 0 fully saturated rings. The first-order valence-corrected chi connectivity index (χ1v) is 16.7. The normalized spacial score (nSPS) is 10.4. The molecule has 0 saturated carbocycles. The van der Waals surface area contributed by atoms with Crippen LogP contribution in [0.15, 0.2) is 40.7 Å². The van der Waals surface area contributed by atoms with Gasteiger partial charge in [-0.25, -0.2) is 4.79 Å². The Balaban J connectivity index is -0.000000417. The third-order valence-corrected chi connectivity index (χ3v) is 3.54. The molecule has 27 heavy (non-hydrogen) atoms. The standard InChI is InChI=1S/C12H20O3.C9H15I.I2/c1-4-7-8-10-11(9-5-2)15-12(13)14-6-3;1-3-4-5-6-7-8-9(2)10;1-2/h9,11H,2,4,6-8,10H2,1,3H3;7-8H,2-6H2,1H3;/b;8-7+;. The quantitative estimate of drug-likeness (QED) is 0.0665. The lowest BCUT2D eigenvalue weighted by molar-refractivity contribution is 0.0377. The smallest absolute Gasteiger partial charge is 0.435 e. The number of halogens is 3. The first kappa shape index (κ1) is 32.1. The zero-order valence-corrected chi connectivity index (χ0v) is 23.4. The van der Waals surface area contributed by atoms with Crippen molar-refractivity contribution in [1.29, 1.82) is 0 Å². The lowest BCUT2D eigenvalue weighted by Gasteiger charge is -2.12. The molecule has 0 amide bonds. The number of unbranched alkanes of at least 4 members (excludes halogenated alkanes) is 5. The third-order valence-electron chi connectivity index (χ3n) is 3.18. The minimum absolute atomic E-state index is 0.256. The van der Waals surface area contributed by atoms with Gasteiger partial charge in [0, 0.05) is 40.8 Å². The van der Waals surface area contributed by atoms with Gasteiger partial charge in [0.1, 0.15) is 6.10 Å². The number of hydrogen-bond donors (Lipinski definition) is 0. The fourth-order valence-electron chi connectivity index (χ4n) is 1.90. The zero-order chi connectivity index (χ0) is 21.3. The molecule has 0 aromatic heterocycles. The van der Waals surface area contributed by atoms with Crippen molar-refractivity contribution in [3.63, 3.8) is 0 Å². The van der Waals surface area contributed by atoms with Gasteiger partial charge in [-0.05, 0) is 61.3 Å². The molecule has 0 aliphatic rings. The topological polar surface area (TPSA) is 35.5 Å². The van der Waals surface area contributed by atoms with Crippen molar-refractivity contribution in [2.24, 2.45) is 0 Å². The highest BCUT2D eigenvalue weighted by atomic mass is 128. The summed E-state index contributed by atoms with van der Waals surface area (Å²) in [5.74, 6) is 0. The molecule has 0 bridgehead atoms. The number of ether oxygens (including phenoxy) is 2. The molecule has 0 aliphatic carbocycles. The fraction of sp³-hybridized carbons (Fsp3) is 0.619. The molecule has 0 aromatic carbocycles. The molecular formula is C21H35I3O3. The van der Waals surface area contributed by atoms with E-state index in [4.69, 9.17) is 9.47 Å². The molecule has 0 radical (unpaired) electrons. The van der Waals surface area contributed by atoms with Crippen molar-refractivity contribution in [2.45, 2.75) is 78.2 Å². The van der Waals surface area contributed by atoms with Gasteiger partial charge in [-0.3, -0.25) is 0 Å². The summed E-state index contributed by atoms with van der Waals surface area (Å²) in [6, 6.07) is 0. The Labute approximate surface area is 204 Å². The van der Waals surface area contributed by atoms with Gasteiger partial charge >= 0.3 is 6.16 Å². The second-order valence-corrected chi connectivity index (χ2v) is 6.94. The van der Waals surface area contributed by atoms with Crippen LogP contribution in [0, 0.1) is 0 Å². The second kappa shape index (κ2) is 28.7. The summed E-state index contributed by atoms with van der Waals surface area (Å²) in [7, 11) is 0. The highest BCUT2D eigenvalue weighted by Crippen LogP contribution is 2.09. The van der Waals surface area contributed by atoms with Crippen molar-refractivity contribution in [3.8, 4) is 0 Å². The lowest BCUT2D eigenvalue weighted by atomic mass is 10.1. The van der Waals surface area contributed by atoms with Crippen molar-refractivity contribution in [2.75, 3.05) is 6.61 Å². The van der Waals surface area contributed by atoms with E-state index in [-0.39, 0.29) is 6.10 Å². The Morgan fingerprint density at radius 1 is 1.11 bits per heavy atom. The van der Waals surface area contributed by atoms with Gasteiger partial charge in [-0.15, -0.1) is 5.73 Å². The molecule has 0 heterocycles. The van der Waals surface area contributed by atoms with Gasteiger partial charge in [-0.2, -0.15) is 0 Å². The largest absolute Gasteiger partial charge is 0.508 e. The van der Waals surface area contributed by atoms with E-state index in [2.05, 4.69) is 105 Å². The Morgan fingerprint density at radius 3 is 2.19 bits per heavy atom. The molecule has 0 saturated heterocycles. The average Bonchev–Trinajstić information content (AvgIpc) is 2.64. The summed E-state index contributed by atoms with van der Waals surface area (Å²) in [6.45, 7) is 13.7. The molecule has 0 spiro atoms. The van der Waals surface area contributed by atoms with E-state index in [0.29, 0.717) is 6.61 Å². The van der Waals surface area contributed by atoms with Crippen molar-refractivity contribution in [3.05, 3.63) is 40.7 Å². The maximum Gasteiger partial charge on any atom is 0.508 e. The van der Waals surface area contributed by atoms with E-state index in [0.717, 1.165) is 29.3 Å². The molecule has 0 aromatic rings. The van der Waals surface area contributed by atoms with E-state index in [1.165, 1.54) is 25.7 Å². The van der Waals surface area contributed by atoms with Gasteiger partial charge in [0.25, 0.3) is 0 Å². The summed E-state index contributed by atoms with van der Waals surface area (Å²) in [6.07, 6.45) is 14.3. The van der Waals surface area contributed by atoms with Crippen LogP contribution in [0.1, 0.15) is 72.1 Å². The molecule has 158 valence electrons. The molecule has 1 atom stereocenters. The monoisotopic (exact) mass is 716 g/mol. The average molecular weight is 716 g/mol. The van der Waals surface area contributed by atoms with Crippen LogP contribution in [0.5, 0.6) is 0 Å². The molecule has 3 nitrogen and oxygen atoms in total. The van der Waals surface area contributed by atoms with Crippen LogP contribution in [0.25, 0.3) is 0 Å². The summed E-state index contributed by atoms with van der Waals surface area (Å²) >= 11 is 6.46. The minimum atomic E-state index is -0.620. The summed E-state index contributed by atoms with van der Waals surface area (Å²) in [4.78, 5) is 11.0. The summed E-state index contributed by atoms with van der Waals surface area (Å²) < 4.78 is 10.9. The highest BCUT2D eigenvalue weighted by molar-refractivity contribution is 15.0. The maximum atomic E-state index is 11.0. The SMILES string of the molecule is C=C(I)/C=C/CCCCC.C=C=CC(CCCCC)OC(=O)OCC.II. The Kier molecular flexibility index (Phi) is 34.1. The molecule has 1 unspecified atom stereocenters. The van der Waals surface area contributed by atoms with Crippen LogP contribution in [-0.4, -0.2) is 18.9 Å². The summed E-state index contributed by atoms with van der Waals surface area (Å²) in [5.41, 5.74) is 2.63. The number of allylic oxidation sites excluding steroid dienone is 3. The lowest BCUT2D eigenvalue weighted by Crippen LogP contribution is -2.16. The maximum absolute atomic E-state index is 11.0. The minimum Gasteiger partial charge on any atom is -0.435 e. The predicted molar refractivity (Wildman–Crippen MR) is 144 cm³/mol. The molecule has 0 aliphatic heterocycles. The Hall–Kier alpha value is 0.460. The van der Waals surface area contributed by atoms with Crippen LogP contribution < -0.4 is 0 Å². The van der Waals surface area contributed by atoms with E-state index in [1.807, 2.05) is 0 Å². The van der Waals surface area contributed by atoms with Crippen molar-refractivity contribution in [1.82, 2.24) is 0 Å². The molecule has 0 rings (SSSR count). The van der Waals surface area contributed by atoms with Crippen molar-refractivity contribution < 1.29 is 14.3 Å². The number of carbonyl (C=O) groups is 1. The second-order valence-electron chi connectivity index (χ2n) is 5.55. The Bertz CT molecular complexity index is 417. The van der Waals surface area contributed by atoms with Gasteiger partial charge in [0.15, 0.2) is 0 Å². The zero-order valence-electron chi connectivity index (χ0n) is 16.9. The van der Waals surface area contributed by atoms with Crippen LogP contribution >= 0.6 is 59.8 Å². The number of hydrogen-bond acceptors (Lipinski definition) is 3. The van der Waals surface area contributed by atoms with Crippen LogP contribution in [0.4, 0.5) is 4.79 Å². The van der Waals surface area contributed by atoms with E-state index >= 15 is 0 Å². The highest BCUT2D eigenvalue weighted by Gasteiger charge is 2.11.